The highest BCUT2D eigenvalue weighted by atomic mass is 35.5. The van der Waals surface area contributed by atoms with Crippen LogP contribution in [-0.4, -0.2) is 20.6 Å². The summed E-state index contributed by atoms with van der Waals surface area (Å²) in [5, 5.41) is 11.7. The van der Waals surface area contributed by atoms with Gasteiger partial charge in [-0.2, -0.15) is 0 Å². The number of aryl methyl sites for hydroxylation is 2. The molecule has 1 fully saturated rings. The highest BCUT2D eigenvalue weighted by Gasteiger charge is 2.20. The summed E-state index contributed by atoms with van der Waals surface area (Å²) in [4.78, 5) is 16.0. The maximum atomic E-state index is 11.3. The first-order chi connectivity index (χ1) is 12.4. The SMILES string of the molecule is Cc1nc(-c2cc(Cl)c3c(c2)cc(CC2CCCC2)n3C)sc1C(=O)O. The Hall–Kier alpha value is -1.85. The predicted octanol–water partition coefficient (Wildman–Crippen LogP) is 5.69. The summed E-state index contributed by atoms with van der Waals surface area (Å²) in [5.74, 6) is -0.159. The third-order valence-electron chi connectivity index (χ3n) is 5.39. The van der Waals surface area contributed by atoms with Crippen LogP contribution in [-0.2, 0) is 13.5 Å². The summed E-state index contributed by atoms with van der Waals surface area (Å²) in [7, 11) is 2.08. The van der Waals surface area contributed by atoms with E-state index >= 15 is 0 Å². The normalized spacial score (nSPS) is 15.2. The van der Waals surface area contributed by atoms with Crippen LogP contribution in [0.4, 0.5) is 0 Å². The number of hydrogen-bond acceptors (Lipinski definition) is 3. The van der Waals surface area contributed by atoms with E-state index < -0.39 is 5.97 Å². The standard InChI is InChI=1S/C20H21ClN2O2S/c1-11-18(20(24)25)26-19(22-11)14-8-13-9-15(7-12-5-3-4-6-12)23(2)17(13)16(21)10-14/h8-10,12H,3-7H2,1-2H3,(H,24,25). The molecule has 26 heavy (non-hydrogen) atoms. The van der Waals surface area contributed by atoms with Gasteiger partial charge in [-0.1, -0.05) is 37.3 Å². The molecule has 0 atom stereocenters. The van der Waals surface area contributed by atoms with Gasteiger partial charge in [0, 0.05) is 23.7 Å². The number of carboxylic acids is 1. The van der Waals surface area contributed by atoms with Gasteiger partial charge in [-0.15, -0.1) is 11.3 Å². The first-order valence-electron chi connectivity index (χ1n) is 8.93. The fourth-order valence-electron chi connectivity index (χ4n) is 4.05. The lowest BCUT2D eigenvalue weighted by molar-refractivity contribution is 0.0701. The quantitative estimate of drug-likeness (QED) is 0.624. The largest absolute Gasteiger partial charge is 0.477 e. The molecule has 6 heteroatoms. The van der Waals surface area contributed by atoms with Gasteiger partial charge in [0.25, 0.3) is 0 Å². The van der Waals surface area contributed by atoms with Crippen molar-refractivity contribution in [3.05, 3.63) is 39.5 Å². The van der Waals surface area contributed by atoms with E-state index in [0.29, 0.717) is 15.7 Å². The van der Waals surface area contributed by atoms with E-state index in [1.54, 1.807) is 6.92 Å². The van der Waals surface area contributed by atoms with Crippen molar-refractivity contribution in [1.29, 1.82) is 0 Å². The molecule has 0 aliphatic heterocycles. The van der Waals surface area contributed by atoms with Crippen LogP contribution in [0.15, 0.2) is 18.2 Å². The van der Waals surface area contributed by atoms with Crippen LogP contribution in [0.3, 0.4) is 0 Å². The molecule has 1 aliphatic carbocycles. The van der Waals surface area contributed by atoms with Crippen LogP contribution in [0.25, 0.3) is 21.5 Å². The van der Waals surface area contributed by atoms with Crippen molar-refractivity contribution in [3.63, 3.8) is 0 Å². The average molecular weight is 389 g/mol. The van der Waals surface area contributed by atoms with Gasteiger partial charge in [-0.25, -0.2) is 9.78 Å². The molecule has 1 aliphatic rings. The number of carbonyl (C=O) groups is 1. The van der Waals surface area contributed by atoms with Crippen molar-refractivity contribution in [2.45, 2.75) is 39.0 Å². The molecule has 2 heterocycles. The molecule has 0 spiro atoms. The monoisotopic (exact) mass is 388 g/mol. The predicted molar refractivity (Wildman–Crippen MR) is 106 cm³/mol. The van der Waals surface area contributed by atoms with Gasteiger partial charge in [0.1, 0.15) is 9.88 Å². The summed E-state index contributed by atoms with van der Waals surface area (Å²) >= 11 is 7.80. The lowest BCUT2D eigenvalue weighted by Gasteiger charge is -2.10. The number of halogens is 1. The summed E-state index contributed by atoms with van der Waals surface area (Å²) in [6.07, 6.45) is 6.41. The van der Waals surface area contributed by atoms with E-state index in [9.17, 15) is 9.90 Å². The molecular formula is C20H21ClN2O2S. The maximum absolute atomic E-state index is 11.3. The summed E-state index contributed by atoms with van der Waals surface area (Å²) < 4.78 is 2.20. The minimum atomic E-state index is -0.933. The van der Waals surface area contributed by atoms with Crippen LogP contribution in [0.1, 0.15) is 46.7 Å². The maximum Gasteiger partial charge on any atom is 0.347 e. The Labute approximate surface area is 161 Å². The smallest absolute Gasteiger partial charge is 0.347 e. The van der Waals surface area contributed by atoms with Crippen LogP contribution in [0, 0.1) is 12.8 Å². The molecule has 1 aromatic carbocycles. The molecule has 2 aromatic heterocycles. The molecule has 4 rings (SSSR count). The van der Waals surface area contributed by atoms with Gasteiger partial charge in [0.15, 0.2) is 0 Å². The van der Waals surface area contributed by atoms with Crippen molar-refractivity contribution >= 4 is 39.8 Å². The van der Waals surface area contributed by atoms with Crippen LogP contribution in [0.5, 0.6) is 0 Å². The number of thiazole rings is 1. The van der Waals surface area contributed by atoms with Gasteiger partial charge >= 0.3 is 5.97 Å². The third kappa shape index (κ3) is 3.03. The fourth-order valence-corrected chi connectivity index (χ4v) is 5.30. The minimum Gasteiger partial charge on any atom is -0.477 e. The number of fused-ring (bicyclic) bond motifs is 1. The zero-order valence-corrected chi connectivity index (χ0v) is 16.5. The zero-order chi connectivity index (χ0) is 18.4. The molecule has 1 N–H and O–H groups in total. The number of nitrogens with zero attached hydrogens (tertiary/aromatic N) is 2. The van der Waals surface area contributed by atoms with E-state index in [1.807, 2.05) is 6.07 Å². The number of rotatable bonds is 4. The van der Waals surface area contributed by atoms with Gasteiger partial charge in [-0.05, 0) is 37.5 Å². The Morgan fingerprint density at radius 3 is 2.73 bits per heavy atom. The Morgan fingerprint density at radius 2 is 2.08 bits per heavy atom. The second-order valence-electron chi connectivity index (χ2n) is 7.18. The molecule has 0 radical (unpaired) electrons. The third-order valence-corrected chi connectivity index (χ3v) is 6.87. The second kappa shape index (κ2) is 6.71. The molecule has 1 saturated carbocycles. The van der Waals surface area contributed by atoms with E-state index in [4.69, 9.17) is 11.6 Å². The molecule has 0 bridgehead atoms. The van der Waals surface area contributed by atoms with Crippen LogP contribution < -0.4 is 0 Å². The number of aromatic nitrogens is 2. The molecule has 0 saturated heterocycles. The second-order valence-corrected chi connectivity index (χ2v) is 8.59. The Morgan fingerprint density at radius 1 is 1.35 bits per heavy atom. The molecule has 0 amide bonds. The number of benzene rings is 1. The molecule has 0 unspecified atom stereocenters. The summed E-state index contributed by atoms with van der Waals surface area (Å²) in [5.41, 5.74) is 3.77. The lowest BCUT2D eigenvalue weighted by Crippen LogP contribution is -2.03. The summed E-state index contributed by atoms with van der Waals surface area (Å²) in [6.45, 7) is 1.73. The Bertz CT molecular complexity index is 999. The Balaban J connectivity index is 1.76. The number of aromatic carboxylic acids is 1. The molecular weight excluding hydrogens is 368 g/mol. The minimum absolute atomic E-state index is 0.284. The lowest BCUT2D eigenvalue weighted by atomic mass is 10.0. The van der Waals surface area contributed by atoms with Crippen molar-refractivity contribution in [3.8, 4) is 10.6 Å². The van der Waals surface area contributed by atoms with Gasteiger partial charge in [-0.3, -0.25) is 0 Å². The van der Waals surface area contributed by atoms with Crippen LogP contribution >= 0.6 is 22.9 Å². The van der Waals surface area contributed by atoms with Gasteiger partial charge in [0.05, 0.1) is 16.2 Å². The topological polar surface area (TPSA) is 55.1 Å². The first kappa shape index (κ1) is 17.6. The molecule has 3 aromatic rings. The molecule has 136 valence electrons. The number of hydrogen-bond donors (Lipinski definition) is 1. The number of carboxylic acid groups (broad SMARTS) is 1. The van der Waals surface area contributed by atoms with E-state index in [1.165, 1.54) is 42.7 Å². The summed E-state index contributed by atoms with van der Waals surface area (Å²) in [6, 6.07) is 6.19. The van der Waals surface area contributed by atoms with Crippen molar-refractivity contribution in [1.82, 2.24) is 9.55 Å². The molecule has 4 nitrogen and oxygen atoms in total. The van der Waals surface area contributed by atoms with E-state index in [2.05, 4.69) is 28.7 Å². The van der Waals surface area contributed by atoms with Gasteiger partial charge in [0.2, 0.25) is 0 Å². The fraction of sp³-hybridized carbons (Fsp3) is 0.400. The highest BCUT2D eigenvalue weighted by molar-refractivity contribution is 7.17. The zero-order valence-electron chi connectivity index (χ0n) is 14.9. The van der Waals surface area contributed by atoms with Gasteiger partial charge < -0.3 is 9.67 Å². The van der Waals surface area contributed by atoms with E-state index in [-0.39, 0.29) is 4.88 Å². The highest BCUT2D eigenvalue weighted by Crippen LogP contribution is 2.36. The van der Waals surface area contributed by atoms with Crippen LogP contribution in [0.2, 0.25) is 5.02 Å². The van der Waals surface area contributed by atoms with Crippen molar-refractivity contribution < 1.29 is 9.90 Å². The average Bonchev–Trinajstić information content (AvgIpc) is 3.28. The van der Waals surface area contributed by atoms with E-state index in [0.717, 1.165) is 28.8 Å². The van der Waals surface area contributed by atoms with Crippen molar-refractivity contribution in [2.75, 3.05) is 0 Å². The first-order valence-corrected chi connectivity index (χ1v) is 10.1. The Kier molecular flexibility index (Phi) is 4.53. The van der Waals surface area contributed by atoms with Crippen molar-refractivity contribution in [2.24, 2.45) is 13.0 Å².